The van der Waals surface area contributed by atoms with Crippen LogP contribution >= 0.6 is 0 Å². The number of hydrogen-bond donors (Lipinski definition) is 4. The van der Waals surface area contributed by atoms with Crippen LogP contribution in [0.2, 0.25) is 0 Å². The molecule has 3 heterocycles. The van der Waals surface area contributed by atoms with Crippen molar-refractivity contribution in [2.24, 2.45) is 0 Å². The molecule has 1 aliphatic rings. The van der Waals surface area contributed by atoms with Gasteiger partial charge in [0, 0.05) is 0 Å². The highest BCUT2D eigenvalue weighted by Gasteiger charge is 2.49. The van der Waals surface area contributed by atoms with E-state index >= 15 is 0 Å². The first-order valence-corrected chi connectivity index (χ1v) is 6.96. The summed E-state index contributed by atoms with van der Waals surface area (Å²) in [5.74, 6) is -2.28. The number of carbonyl (C=O) groups excluding carboxylic acids is 1. The molecule has 1 fully saturated rings. The van der Waals surface area contributed by atoms with E-state index in [9.17, 15) is 33.0 Å². The molecule has 0 radical (unpaired) electrons. The second kappa shape index (κ2) is 6.09. The summed E-state index contributed by atoms with van der Waals surface area (Å²) in [6.07, 6.45) is -7.27. The lowest BCUT2D eigenvalue weighted by Crippen LogP contribution is -2.50. The van der Waals surface area contributed by atoms with Crippen molar-refractivity contribution < 1.29 is 32.9 Å². The van der Waals surface area contributed by atoms with Crippen LogP contribution in [-0.4, -0.2) is 66.7 Å². The molecule has 2 aromatic heterocycles. The van der Waals surface area contributed by atoms with Crippen LogP contribution in [0.5, 0.6) is 0 Å². The first-order valence-electron chi connectivity index (χ1n) is 6.96. The highest BCUT2D eigenvalue weighted by Crippen LogP contribution is 2.31. The molecule has 2 aromatic rings. The van der Waals surface area contributed by atoms with Gasteiger partial charge in [-0.05, 0) is 0 Å². The lowest BCUT2D eigenvalue weighted by atomic mass is 10.1. The van der Waals surface area contributed by atoms with E-state index in [2.05, 4.69) is 15.0 Å². The highest BCUT2D eigenvalue weighted by molar-refractivity contribution is 5.82. The van der Waals surface area contributed by atoms with Crippen LogP contribution in [0.4, 0.5) is 13.2 Å². The van der Waals surface area contributed by atoms with Crippen molar-refractivity contribution in [1.29, 1.82) is 0 Å². The average molecular weight is 363 g/mol. The standard InChI is InChI=1S/C12H12F3N5O5/c13-12(14,15)11(24)19-5-7(22)4(1-21)25-10(5)20-3-18-6-8(20)16-2-17-9(6)23/h2-5,7,10,21-22H,1H2,(H,19,24)(H,16,17,23)/t4-,5-,7-,10-/m1/s1. The monoisotopic (exact) mass is 363 g/mol. The Morgan fingerprint density at radius 1 is 1.44 bits per heavy atom. The van der Waals surface area contributed by atoms with E-state index in [0.29, 0.717) is 0 Å². The van der Waals surface area contributed by atoms with Gasteiger partial charge in [0.1, 0.15) is 18.2 Å². The van der Waals surface area contributed by atoms with Crippen LogP contribution in [0.1, 0.15) is 6.23 Å². The number of nitrogens with one attached hydrogen (secondary N) is 2. The predicted molar refractivity (Wildman–Crippen MR) is 73.1 cm³/mol. The molecule has 1 aliphatic heterocycles. The molecule has 136 valence electrons. The number of alkyl halides is 3. The third-order valence-corrected chi connectivity index (χ3v) is 3.74. The van der Waals surface area contributed by atoms with Crippen LogP contribution in [0.25, 0.3) is 11.2 Å². The van der Waals surface area contributed by atoms with Crippen molar-refractivity contribution in [2.45, 2.75) is 30.7 Å². The van der Waals surface area contributed by atoms with Crippen molar-refractivity contribution in [2.75, 3.05) is 6.61 Å². The minimum atomic E-state index is -5.17. The van der Waals surface area contributed by atoms with Crippen molar-refractivity contribution in [3.63, 3.8) is 0 Å². The molecule has 0 saturated carbocycles. The van der Waals surface area contributed by atoms with E-state index in [1.54, 1.807) is 5.32 Å². The van der Waals surface area contributed by atoms with Gasteiger partial charge in [0.15, 0.2) is 17.4 Å². The number of amides is 1. The Kier molecular flexibility index (Phi) is 4.22. The third-order valence-electron chi connectivity index (χ3n) is 3.74. The van der Waals surface area contributed by atoms with Gasteiger partial charge in [-0.3, -0.25) is 14.2 Å². The Labute approximate surface area is 136 Å². The number of hydrogen-bond acceptors (Lipinski definition) is 7. The summed E-state index contributed by atoms with van der Waals surface area (Å²) in [6.45, 7) is -0.698. The lowest BCUT2D eigenvalue weighted by Gasteiger charge is -2.23. The molecule has 25 heavy (non-hydrogen) atoms. The van der Waals surface area contributed by atoms with Crippen LogP contribution in [-0.2, 0) is 9.53 Å². The molecule has 0 aromatic carbocycles. The van der Waals surface area contributed by atoms with Gasteiger partial charge in [-0.2, -0.15) is 13.2 Å². The molecule has 0 spiro atoms. The zero-order valence-electron chi connectivity index (χ0n) is 12.3. The summed E-state index contributed by atoms with van der Waals surface area (Å²) in [6, 6.07) is -1.55. The SMILES string of the molecule is O=C(N[C@@H]1[C@H](O)[C@@H](CO)O[C@H]1n1cnc2c(=O)[nH]cnc21)C(F)(F)F. The molecule has 1 saturated heterocycles. The topological polar surface area (TPSA) is 142 Å². The van der Waals surface area contributed by atoms with Crippen molar-refractivity contribution in [3.05, 3.63) is 23.0 Å². The van der Waals surface area contributed by atoms with Gasteiger partial charge in [0.05, 0.1) is 19.3 Å². The van der Waals surface area contributed by atoms with Gasteiger partial charge >= 0.3 is 12.1 Å². The zero-order valence-corrected chi connectivity index (χ0v) is 12.3. The number of carbonyl (C=O) groups is 1. The molecule has 1 amide bonds. The number of fused-ring (bicyclic) bond motifs is 1. The number of rotatable bonds is 3. The summed E-state index contributed by atoms with van der Waals surface area (Å²) in [5, 5.41) is 20.9. The fourth-order valence-electron chi connectivity index (χ4n) is 2.57. The van der Waals surface area contributed by atoms with Gasteiger partial charge in [-0.25, -0.2) is 9.97 Å². The van der Waals surface area contributed by atoms with Crippen LogP contribution < -0.4 is 10.9 Å². The van der Waals surface area contributed by atoms with Gasteiger partial charge in [-0.1, -0.05) is 0 Å². The zero-order chi connectivity index (χ0) is 18.4. The number of imidazole rings is 1. The maximum absolute atomic E-state index is 12.5. The number of halogens is 3. The number of nitrogens with zero attached hydrogens (tertiary/aromatic N) is 3. The van der Waals surface area contributed by atoms with E-state index in [1.807, 2.05) is 0 Å². The number of H-pyrrole nitrogens is 1. The smallest absolute Gasteiger partial charge is 0.394 e. The molecular weight excluding hydrogens is 351 g/mol. The van der Waals surface area contributed by atoms with Crippen LogP contribution in [0, 0.1) is 0 Å². The Balaban J connectivity index is 2.00. The van der Waals surface area contributed by atoms with Gasteiger partial charge in [0.25, 0.3) is 5.56 Å². The van der Waals surface area contributed by atoms with E-state index in [4.69, 9.17) is 4.74 Å². The molecule has 4 atom stereocenters. The van der Waals surface area contributed by atoms with Gasteiger partial charge < -0.3 is 25.3 Å². The van der Waals surface area contributed by atoms with Gasteiger partial charge in [0.2, 0.25) is 0 Å². The first kappa shape index (κ1) is 17.3. The number of ether oxygens (including phenoxy) is 1. The van der Waals surface area contributed by atoms with Gasteiger partial charge in [-0.15, -0.1) is 0 Å². The Hall–Kier alpha value is -2.51. The summed E-state index contributed by atoms with van der Waals surface area (Å²) < 4.78 is 44.0. The van der Waals surface area contributed by atoms with E-state index < -0.39 is 48.7 Å². The summed E-state index contributed by atoms with van der Waals surface area (Å²) in [7, 11) is 0. The number of aliphatic hydroxyl groups is 2. The summed E-state index contributed by atoms with van der Waals surface area (Å²) in [5.41, 5.74) is -0.711. The maximum atomic E-state index is 12.5. The maximum Gasteiger partial charge on any atom is 0.471 e. The number of aromatic amines is 1. The quantitative estimate of drug-likeness (QED) is 0.515. The van der Waals surface area contributed by atoms with E-state index in [-0.39, 0.29) is 11.2 Å². The van der Waals surface area contributed by atoms with Crippen molar-refractivity contribution in [3.8, 4) is 0 Å². The fraction of sp³-hybridized carbons (Fsp3) is 0.500. The summed E-state index contributed by atoms with van der Waals surface area (Å²) in [4.78, 5) is 32.8. The summed E-state index contributed by atoms with van der Waals surface area (Å²) >= 11 is 0. The average Bonchev–Trinajstić information content (AvgIpc) is 3.09. The Morgan fingerprint density at radius 2 is 2.16 bits per heavy atom. The van der Waals surface area contributed by atoms with E-state index in [1.165, 1.54) is 0 Å². The van der Waals surface area contributed by atoms with E-state index in [0.717, 1.165) is 17.2 Å². The third kappa shape index (κ3) is 2.96. The van der Waals surface area contributed by atoms with Crippen molar-refractivity contribution >= 4 is 17.1 Å². The Bertz CT molecular complexity index is 850. The molecule has 13 heteroatoms. The minimum Gasteiger partial charge on any atom is -0.394 e. The lowest BCUT2D eigenvalue weighted by molar-refractivity contribution is -0.175. The molecule has 0 aliphatic carbocycles. The Morgan fingerprint density at radius 3 is 2.80 bits per heavy atom. The predicted octanol–water partition coefficient (Wildman–Crippen LogP) is -1.58. The largest absolute Gasteiger partial charge is 0.471 e. The molecular formula is C12H12F3N5O5. The molecule has 0 bridgehead atoms. The second-order valence-corrected chi connectivity index (χ2v) is 5.29. The first-order chi connectivity index (χ1) is 11.7. The molecule has 3 rings (SSSR count). The molecule has 4 N–H and O–H groups in total. The number of aromatic nitrogens is 4. The molecule has 0 unspecified atom stereocenters. The van der Waals surface area contributed by atoms with Crippen LogP contribution in [0.3, 0.4) is 0 Å². The van der Waals surface area contributed by atoms with Crippen molar-refractivity contribution in [1.82, 2.24) is 24.8 Å². The highest BCUT2D eigenvalue weighted by atomic mass is 19.4. The minimum absolute atomic E-state index is 0.0224. The number of aliphatic hydroxyl groups excluding tert-OH is 2. The normalized spacial score (nSPS) is 26.9. The fourth-order valence-corrected chi connectivity index (χ4v) is 2.57. The molecule has 10 nitrogen and oxygen atoms in total. The van der Waals surface area contributed by atoms with Crippen LogP contribution in [0.15, 0.2) is 17.4 Å². The second-order valence-electron chi connectivity index (χ2n) is 5.29.